The van der Waals surface area contributed by atoms with Crippen molar-refractivity contribution in [2.45, 2.75) is 18.7 Å². The number of ether oxygens (including phenoxy) is 1. The third kappa shape index (κ3) is 3.81. The van der Waals surface area contributed by atoms with E-state index in [-0.39, 0.29) is 5.82 Å². The van der Waals surface area contributed by atoms with Gasteiger partial charge in [0.05, 0.1) is 17.5 Å². The molecule has 0 aliphatic carbocycles. The summed E-state index contributed by atoms with van der Waals surface area (Å²) in [7, 11) is 1.52. The Morgan fingerprint density at radius 2 is 2.07 bits per heavy atom. The van der Waals surface area contributed by atoms with Crippen LogP contribution in [0.15, 0.2) is 18.2 Å². The van der Waals surface area contributed by atoms with Crippen molar-refractivity contribution in [2.75, 3.05) is 7.11 Å². The minimum Gasteiger partial charge on any atom is -0.495 e. The molecule has 0 unspecified atom stereocenters. The molecule has 0 spiro atoms. The lowest BCUT2D eigenvalue weighted by molar-refractivity contribution is 0.412. The van der Waals surface area contributed by atoms with Gasteiger partial charge in [-0.2, -0.15) is 0 Å². The van der Waals surface area contributed by atoms with Gasteiger partial charge < -0.3 is 4.74 Å². The van der Waals surface area contributed by atoms with E-state index in [0.717, 1.165) is 0 Å². The van der Waals surface area contributed by atoms with Gasteiger partial charge >= 0.3 is 0 Å². The molecular weight excluding hydrogens is 215 g/mol. The number of benzene rings is 1. The van der Waals surface area contributed by atoms with Crippen molar-refractivity contribution in [3.8, 4) is 17.6 Å². The van der Waals surface area contributed by atoms with Gasteiger partial charge in [-0.05, 0) is 32.0 Å². The highest BCUT2D eigenvalue weighted by Crippen LogP contribution is 2.19. The Morgan fingerprint density at radius 3 is 2.60 bits per heavy atom. The normalized spacial score (nSPS) is 10.5. The van der Waals surface area contributed by atoms with Crippen LogP contribution in [0.2, 0.25) is 0 Å². The number of rotatable bonds is 1. The van der Waals surface area contributed by atoms with Gasteiger partial charge in [-0.3, -0.25) is 0 Å². The molecule has 0 atom stereocenters. The molecule has 3 heteroatoms. The Hall–Kier alpha value is -1.20. The van der Waals surface area contributed by atoms with Gasteiger partial charge in [-0.15, -0.1) is 11.6 Å². The summed E-state index contributed by atoms with van der Waals surface area (Å²) >= 11 is 5.91. The fourth-order valence-corrected chi connectivity index (χ4v) is 1.04. The minimum atomic E-state index is -0.628. The maximum Gasteiger partial charge on any atom is 0.134 e. The molecule has 0 saturated carbocycles. The second kappa shape index (κ2) is 4.55. The number of halogens is 2. The van der Waals surface area contributed by atoms with E-state index >= 15 is 0 Å². The van der Waals surface area contributed by atoms with E-state index in [4.69, 9.17) is 16.3 Å². The zero-order chi connectivity index (χ0) is 11.5. The highest BCUT2D eigenvalue weighted by Gasteiger charge is 2.08. The molecule has 0 heterocycles. The fourth-order valence-electron chi connectivity index (χ4n) is 0.994. The Kier molecular flexibility index (Phi) is 3.60. The summed E-state index contributed by atoms with van der Waals surface area (Å²) in [5.74, 6) is 5.81. The first-order chi connectivity index (χ1) is 6.92. The lowest BCUT2D eigenvalue weighted by Crippen LogP contribution is -2.05. The molecule has 15 heavy (non-hydrogen) atoms. The maximum atomic E-state index is 12.9. The summed E-state index contributed by atoms with van der Waals surface area (Å²) in [6, 6.07) is 4.20. The van der Waals surface area contributed by atoms with Gasteiger partial charge in [0, 0.05) is 0 Å². The zero-order valence-corrected chi connectivity index (χ0v) is 9.65. The molecule has 1 aromatic rings. The van der Waals surface area contributed by atoms with Gasteiger partial charge in [0.1, 0.15) is 11.6 Å². The lowest BCUT2D eigenvalue weighted by atomic mass is 10.1. The molecule has 80 valence electrons. The zero-order valence-electron chi connectivity index (χ0n) is 8.90. The van der Waals surface area contributed by atoms with Crippen LogP contribution in [0, 0.1) is 17.7 Å². The minimum absolute atomic E-state index is 0.340. The SMILES string of the molecule is COc1ccc(F)cc1C#CC(C)(C)Cl. The van der Waals surface area contributed by atoms with E-state index in [2.05, 4.69) is 11.8 Å². The van der Waals surface area contributed by atoms with Crippen LogP contribution in [0.3, 0.4) is 0 Å². The van der Waals surface area contributed by atoms with E-state index in [1.807, 2.05) is 0 Å². The molecule has 0 saturated heterocycles. The molecule has 0 N–H and O–H groups in total. The molecule has 0 aliphatic heterocycles. The highest BCUT2D eigenvalue weighted by atomic mass is 35.5. The van der Waals surface area contributed by atoms with Gasteiger partial charge in [0.15, 0.2) is 0 Å². The van der Waals surface area contributed by atoms with Gasteiger partial charge in [0.2, 0.25) is 0 Å². The molecule has 0 fully saturated rings. The molecule has 1 nitrogen and oxygen atoms in total. The van der Waals surface area contributed by atoms with Crippen molar-refractivity contribution in [3.05, 3.63) is 29.6 Å². The van der Waals surface area contributed by atoms with Gasteiger partial charge in [0.25, 0.3) is 0 Å². The van der Waals surface area contributed by atoms with Crippen molar-refractivity contribution in [2.24, 2.45) is 0 Å². The Balaban J connectivity index is 3.11. The van der Waals surface area contributed by atoms with Crippen LogP contribution in [-0.4, -0.2) is 12.0 Å². The first kappa shape index (κ1) is 11.9. The van der Waals surface area contributed by atoms with Crippen LogP contribution in [0.4, 0.5) is 4.39 Å². The lowest BCUT2D eigenvalue weighted by Gasteiger charge is -2.05. The monoisotopic (exact) mass is 226 g/mol. The third-order valence-corrected chi connectivity index (χ3v) is 1.75. The molecule has 0 aromatic heterocycles. The summed E-state index contributed by atoms with van der Waals surface area (Å²) in [4.78, 5) is -0.628. The van der Waals surface area contributed by atoms with Crippen molar-refractivity contribution >= 4 is 11.6 Å². The topological polar surface area (TPSA) is 9.23 Å². The molecule has 1 rings (SSSR count). The summed E-state index contributed by atoms with van der Waals surface area (Å²) < 4.78 is 18.0. The van der Waals surface area contributed by atoms with Gasteiger partial charge in [-0.25, -0.2) is 4.39 Å². The Labute approximate surface area is 94.2 Å². The van der Waals surface area contributed by atoms with Crippen molar-refractivity contribution in [3.63, 3.8) is 0 Å². The van der Waals surface area contributed by atoms with E-state index in [1.165, 1.54) is 19.2 Å². The van der Waals surface area contributed by atoms with Crippen LogP contribution in [0.25, 0.3) is 0 Å². The number of hydrogen-bond donors (Lipinski definition) is 0. The largest absolute Gasteiger partial charge is 0.495 e. The summed E-state index contributed by atoms with van der Waals surface area (Å²) in [5, 5.41) is 0. The van der Waals surface area contributed by atoms with Crippen LogP contribution < -0.4 is 4.74 Å². The highest BCUT2D eigenvalue weighted by molar-refractivity contribution is 6.25. The van der Waals surface area contributed by atoms with Crippen LogP contribution in [-0.2, 0) is 0 Å². The molecular formula is C12H12ClFO. The standard InChI is InChI=1S/C12H12ClFO/c1-12(2,13)7-6-9-8-10(14)4-5-11(9)15-3/h4-5,8H,1-3H3. The summed E-state index contributed by atoms with van der Waals surface area (Å²) in [5.41, 5.74) is 0.506. The number of methoxy groups -OCH3 is 1. The Morgan fingerprint density at radius 1 is 1.40 bits per heavy atom. The van der Waals surface area contributed by atoms with E-state index in [1.54, 1.807) is 19.9 Å². The second-order valence-corrected chi connectivity index (χ2v) is 4.51. The van der Waals surface area contributed by atoms with Crippen molar-refractivity contribution < 1.29 is 9.13 Å². The molecule has 0 bridgehead atoms. The van der Waals surface area contributed by atoms with Crippen LogP contribution in [0.1, 0.15) is 19.4 Å². The van der Waals surface area contributed by atoms with E-state index < -0.39 is 4.87 Å². The first-order valence-corrected chi connectivity index (χ1v) is 4.86. The molecule has 0 amide bonds. The van der Waals surface area contributed by atoms with Crippen LogP contribution in [0.5, 0.6) is 5.75 Å². The van der Waals surface area contributed by atoms with Crippen LogP contribution >= 0.6 is 11.6 Å². The quantitative estimate of drug-likeness (QED) is 0.528. The predicted molar refractivity (Wildman–Crippen MR) is 59.8 cm³/mol. The molecule has 1 aromatic carbocycles. The second-order valence-electron chi connectivity index (χ2n) is 3.57. The summed E-state index contributed by atoms with van der Waals surface area (Å²) in [6.45, 7) is 3.54. The Bertz CT molecular complexity index is 410. The summed E-state index contributed by atoms with van der Waals surface area (Å²) in [6.07, 6.45) is 0. The number of alkyl halides is 1. The maximum absolute atomic E-state index is 12.9. The average Bonchev–Trinajstić information content (AvgIpc) is 2.14. The van der Waals surface area contributed by atoms with Crippen molar-refractivity contribution in [1.29, 1.82) is 0 Å². The first-order valence-electron chi connectivity index (χ1n) is 4.48. The average molecular weight is 227 g/mol. The third-order valence-electron chi connectivity index (χ3n) is 1.66. The van der Waals surface area contributed by atoms with Gasteiger partial charge in [-0.1, -0.05) is 11.8 Å². The smallest absolute Gasteiger partial charge is 0.134 e. The predicted octanol–water partition coefficient (Wildman–Crippen LogP) is 3.20. The van der Waals surface area contributed by atoms with Crippen molar-refractivity contribution in [1.82, 2.24) is 0 Å². The van der Waals surface area contributed by atoms with E-state index in [9.17, 15) is 4.39 Å². The number of hydrogen-bond acceptors (Lipinski definition) is 1. The van der Waals surface area contributed by atoms with E-state index in [0.29, 0.717) is 11.3 Å². The fraction of sp³-hybridized carbons (Fsp3) is 0.333. The molecule has 0 radical (unpaired) electrons. The molecule has 0 aliphatic rings.